The van der Waals surface area contributed by atoms with Crippen LogP contribution in [0.4, 0.5) is 17.6 Å². The van der Waals surface area contributed by atoms with Gasteiger partial charge in [0, 0.05) is 24.7 Å². The lowest BCUT2D eigenvalue weighted by molar-refractivity contribution is -0.136. The molecule has 37 heavy (non-hydrogen) atoms. The number of aliphatic hydroxyl groups is 2. The van der Waals surface area contributed by atoms with Crippen molar-refractivity contribution in [2.75, 3.05) is 6.61 Å². The molecule has 1 aliphatic heterocycles. The number of pyridine rings is 1. The summed E-state index contributed by atoms with van der Waals surface area (Å²) < 4.78 is 63.7. The lowest BCUT2D eigenvalue weighted by Crippen LogP contribution is -2.53. The van der Waals surface area contributed by atoms with Crippen LogP contribution in [0.3, 0.4) is 0 Å². The van der Waals surface area contributed by atoms with E-state index >= 15 is 0 Å². The number of hydrogen-bond donors (Lipinski definition) is 3. The summed E-state index contributed by atoms with van der Waals surface area (Å²) in [6.45, 7) is 5.35. The van der Waals surface area contributed by atoms with Gasteiger partial charge in [0.25, 0.3) is 0 Å². The van der Waals surface area contributed by atoms with Crippen molar-refractivity contribution >= 4 is 10.9 Å². The van der Waals surface area contributed by atoms with E-state index < -0.39 is 34.9 Å². The number of aromatic nitrogens is 3. The largest absolute Gasteiger partial charge is 0.492 e. The predicted molar refractivity (Wildman–Crippen MR) is 128 cm³/mol. The normalized spacial score (nSPS) is 30.4. The van der Waals surface area contributed by atoms with Gasteiger partial charge in [0.05, 0.1) is 33.8 Å². The molecule has 3 atom stereocenters. The molecular weight excluding hydrogens is 492 g/mol. The van der Waals surface area contributed by atoms with Crippen molar-refractivity contribution in [2.24, 2.45) is 0 Å². The minimum absolute atomic E-state index is 0.0391. The van der Waals surface area contributed by atoms with Crippen molar-refractivity contribution in [2.45, 2.75) is 82.0 Å². The average Bonchev–Trinajstić information content (AvgIpc) is 3.10. The molecule has 3 aromatic rings. The van der Waals surface area contributed by atoms with E-state index in [1.54, 1.807) is 19.2 Å². The fourth-order valence-corrected chi connectivity index (χ4v) is 5.68. The molecule has 0 spiro atoms. The summed E-state index contributed by atoms with van der Waals surface area (Å²) in [5.41, 5.74) is -2.15. The van der Waals surface area contributed by atoms with Crippen molar-refractivity contribution < 1.29 is 32.5 Å². The van der Waals surface area contributed by atoms with Crippen LogP contribution in [0.2, 0.25) is 0 Å². The summed E-state index contributed by atoms with van der Waals surface area (Å²) >= 11 is 0. The first-order chi connectivity index (χ1) is 17.2. The highest BCUT2D eigenvalue weighted by Gasteiger charge is 2.44. The van der Waals surface area contributed by atoms with Gasteiger partial charge in [-0.2, -0.15) is 17.6 Å². The topological polar surface area (TPSA) is 92.4 Å². The number of nitrogens with one attached hydrogen (secondary N) is 1. The number of fused-ring (bicyclic) bond motifs is 1. The lowest BCUT2D eigenvalue weighted by atomic mass is 9.77. The molecule has 1 saturated carbocycles. The first-order valence-electron chi connectivity index (χ1n) is 12.3. The zero-order valence-electron chi connectivity index (χ0n) is 20.8. The maximum atomic E-state index is 14.8. The van der Waals surface area contributed by atoms with Gasteiger partial charge < -0.3 is 20.3 Å². The second-order valence-corrected chi connectivity index (χ2v) is 10.9. The average molecular weight is 523 g/mol. The van der Waals surface area contributed by atoms with E-state index in [2.05, 4.69) is 15.4 Å². The van der Waals surface area contributed by atoms with Crippen LogP contribution in [0.1, 0.15) is 62.4 Å². The number of benzene rings is 1. The molecule has 3 heterocycles. The van der Waals surface area contributed by atoms with Crippen LogP contribution in [-0.4, -0.2) is 49.3 Å². The van der Waals surface area contributed by atoms with Gasteiger partial charge in [0.15, 0.2) is 0 Å². The van der Waals surface area contributed by atoms with Gasteiger partial charge in [-0.15, -0.1) is 5.10 Å². The number of hydrogen-bond acceptors (Lipinski definition) is 6. The van der Waals surface area contributed by atoms with Gasteiger partial charge in [-0.3, -0.25) is 9.67 Å². The minimum Gasteiger partial charge on any atom is -0.492 e. The van der Waals surface area contributed by atoms with Gasteiger partial charge in [-0.25, -0.2) is 0 Å². The monoisotopic (exact) mass is 522 g/mol. The molecule has 3 N–H and O–H groups in total. The Morgan fingerprint density at radius 2 is 1.89 bits per heavy atom. The Balaban J connectivity index is 1.40. The van der Waals surface area contributed by atoms with Crippen molar-refractivity contribution in [1.82, 2.24) is 20.1 Å². The van der Waals surface area contributed by atoms with Crippen LogP contribution < -0.4 is 10.1 Å². The van der Waals surface area contributed by atoms with Crippen LogP contribution in [0.25, 0.3) is 10.9 Å². The number of rotatable bonds is 5. The van der Waals surface area contributed by atoms with Crippen LogP contribution in [0.15, 0.2) is 30.5 Å². The third-order valence-corrected chi connectivity index (χ3v) is 7.32. The third-order valence-electron chi connectivity index (χ3n) is 7.32. The van der Waals surface area contributed by atoms with Crippen molar-refractivity contribution in [3.63, 3.8) is 0 Å². The van der Waals surface area contributed by atoms with Gasteiger partial charge in [0.2, 0.25) is 5.95 Å². The Hall–Kier alpha value is -2.76. The molecule has 2 aliphatic rings. The first-order valence-corrected chi connectivity index (χ1v) is 12.3. The van der Waals surface area contributed by atoms with Gasteiger partial charge in [-0.05, 0) is 63.8 Å². The van der Waals surface area contributed by atoms with Crippen LogP contribution in [0, 0.1) is 12.9 Å². The second-order valence-electron chi connectivity index (χ2n) is 10.9. The highest BCUT2D eigenvalue weighted by Crippen LogP contribution is 2.45. The summed E-state index contributed by atoms with van der Waals surface area (Å²) in [4.78, 5) is 4.37. The van der Waals surface area contributed by atoms with E-state index in [-0.39, 0.29) is 54.6 Å². The molecule has 2 aromatic heterocycles. The molecular formula is C26H30F4N4O3. The molecule has 200 valence electrons. The van der Waals surface area contributed by atoms with E-state index in [9.17, 15) is 27.8 Å². The first kappa shape index (κ1) is 25.9. The van der Waals surface area contributed by atoms with E-state index in [1.807, 2.05) is 19.9 Å². The minimum atomic E-state index is -4.77. The van der Waals surface area contributed by atoms with E-state index in [0.717, 1.165) is 16.3 Å². The molecule has 3 unspecified atom stereocenters. The number of alkyl halides is 3. The predicted octanol–water partition coefficient (Wildman–Crippen LogP) is 4.39. The SMILES string of the molecule is Cc1ccc(C2(O)CC(C)NC(COc3cc(C(F)(F)F)c4c(c3)c(F)nn4C3CC(C)(O)C3)C2)nc1. The zero-order chi connectivity index (χ0) is 26.8. The summed E-state index contributed by atoms with van der Waals surface area (Å²) in [5, 5.41) is 28.1. The van der Waals surface area contributed by atoms with E-state index in [4.69, 9.17) is 4.74 Å². The molecule has 11 heteroatoms. The molecule has 1 saturated heterocycles. The van der Waals surface area contributed by atoms with E-state index in [1.165, 1.54) is 6.07 Å². The van der Waals surface area contributed by atoms with Gasteiger partial charge in [-0.1, -0.05) is 6.07 Å². The van der Waals surface area contributed by atoms with Crippen LogP contribution in [-0.2, 0) is 11.8 Å². The Morgan fingerprint density at radius 1 is 1.16 bits per heavy atom. The second kappa shape index (κ2) is 8.92. The maximum Gasteiger partial charge on any atom is 0.418 e. The number of nitrogens with zero attached hydrogens (tertiary/aromatic N) is 3. The van der Waals surface area contributed by atoms with Crippen molar-refractivity contribution in [1.29, 1.82) is 0 Å². The molecule has 0 radical (unpaired) electrons. The van der Waals surface area contributed by atoms with Gasteiger partial charge in [0.1, 0.15) is 18.0 Å². The van der Waals surface area contributed by atoms with Crippen molar-refractivity contribution in [3.05, 3.63) is 53.2 Å². The zero-order valence-corrected chi connectivity index (χ0v) is 20.8. The summed E-state index contributed by atoms with van der Waals surface area (Å²) in [7, 11) is 0. The number of halogens is 4. The quantitative estimate of drug-likeness (QED) is 0.431. The lowest BCUT2D eigenvalue weighted by Gasteiger charge is -2.41. The van der Waals surface area contributed by atoms with Crippen LogP contribution >= 0.6 is 0 Å². The number of aryl methyl sites for hydroxylation is 1. The Morgan fingerprint density at radius 3 is 2.51 bits per heavy atom. The highest BCUT2D eigenvalue weighted by molar-refractivity contribution is 5.85. The maximum absolute atomic E-state index is 14.8. The molecule has 5 rings (SSSR count). The highest BCUT2D eigenvalue weighted by atomic mass is 19.4. The summed E-state index contributed by atoms with van der Waals surface area (Å²) in [6, 6.07) is 4.71. The van der Waals surface area contributed by atoms with Crippen LogP contribution in [0.5, 0.6) is 5.75 Å². The smallest absolute Gasteiger partial charge is 0.418 e. The fourth-order valence-electron chi connectivity index (χ4n) is 5.68. The Labute approximate surface area is 211 Å². The molecule has 1 aromatic carbocycles. The van der Waals surface area contributed by atoms with Crippen molar-refractivity contribution in [3.8, 4) is 5.75 Å². The Kier molecular flexibility index (Phi) is 6.24. The summed E-state index contributed by atoms with van der Waals surface area (Å²) in [5.74, 6) is -1.17. The van der Waals surface area contributed by atoms with Gasteiger partial charge >= 0.3 is 6.18 Å². The molecule has 7 nitrogen and oxygen atoms in total. The summed E-state index contributed by atoms with van der Waals surface area (Å²) in [6.07, 6.45) is -2.06. The third kappa shape index (κ3) is 5.04. The fraction of sp³-hybridized carbons (Fsp3) is 0.538. The number of ether oxygens (including phenoxy) is 1. The molecule has 0 amide bonds. The Bertz CT molecular complexity index is 1300. The standard InChI is InChI=1S/C26H30F4N4O3/c1-14-4-5-21(31-12-14)25(36)8-15(2)32-16(9-25)13-37-18-6-19-22(20(7-18)26(28,29)30)34(33-23(19)27)17-10-24(3,35)11-17/h4-7,12,15-17,32,35-36H,8-11,13H2,1-3H3. The number of piperidine rings is 1. The molecule has 0 bridgehead atoms. The molecule has 2 fully saturated rings. The molecule has 1 aliphatic carbocycles. The van der Waals surface area contributed by atoms with E-state index in [0.29, 0.717) is 12.1 Å².